The Labute approximate surface area is 63.1 Å². The van der Waals surface area contributed by atoms with E-state index in [1.165, 1.54) is 25.7 Å². The molecule has 1 heterocycles. The highest BCUT2D eigenvalue weighted by atomic mass is 16.5. The van der Waals surface area contributed by atoms with Crippen LogP contribution in [-0.4, -0.2) is 12.7 Å². The summed E-state index contributed by atoms with van der Waals surface area (Å²) in [5, 5.41) is 0. The molecule has 0 aliphatic carbocycles. The molecular weight excluding hydrogens is 124 g/mol. The summed E-state index contributed by atoms with van der Waals surface area (Å²) in [5.41, 5.74) is 0. The maximum atomic E-state index is 5.39. The molecule has 0 aromatic carbocycles. The predicted octanol–water partition coefficient (Wildman–Crippen LogP) is 2.52. The van der Waals surface area contributed by atoms with Gasteiger partial charge in [0, 0.05) is 0 Å². The van der Waals surface area contributed by atoms with Crippen molar-refractivity contribution in [1.29, 1.82) is 0 Å². The van der Waals surface area contributed by atoms with E-state index in [0.29, 0.717) is 6.10 Å². The van der Waals surface area contributed by atoms with Gasteiger partial charge in [0.15, 0.2) is 0 Å². The fraction of sp³-hybridized carbons (Fsp3) is 0.778. The molecule has 0 unspecified atom stereocenters. The van der Waals surface area contributed by atoms with Gasteiger partial charge in [0.05, 0.1) is 12.7 Å². The first-order chi connectivity index (χ1) is 4.93. The molecule has 1 aliphatic heterocycles. The Bertz CT molecular complexity index is 107. The van der Waals surface area contributed by atoms with Gasteiger partial charge in [-0.15, -0.1) is 0 Å². The standard InChI is InChI=1S/C9H16O/c1-2-3-4-6-9-7-5-8-10-9/h5,7,9H,2-4,6,8H2,1H3/t9-/m0/s1. The molecular formula is C9H16O. The van der Waals surface area contributed by atoms with Gasteiger partial charge in [0.1, 0.15) is 0 Å². The third-order valence-corrected chi connectivity index (χ3v) is 1.85. The lowest BCUT2D eigenvalue weighted by molar-refractivity contribution is 0.119. The van der Waals surface area contributed by atoms with Crippen molar-refractivity contribution in [3.63, 3.8) is 0 Å². The van der Waals surface area contributed by atoms with E-state index in [4.69, 9.17) is 4.74 Å². The third kappa shape index (κ3) is 2.53. The van der Waals surface area contributed by atoms with E-state index in [9.17, 15) is 0 Å². The summed E-state index contributed by atoms with van der Waals surface area (Å²) in [6.07, 6.45) is 9.89. The van der Waals surface area contributed by atoms with Crippen LogP contribution in [0.25, 0.3) is 0 Å². The Morgan fingerprint density at radius 3 is 3.00 bits per heavy atom. The van der Waals surface area contributed by atoms with E-state index in [-0.39, 0.29) is 0 Å². The molecule has 0 N–H and O–H groups in total. The first kappa shape index (κ1) is 7.80. The number of hydrogen-bond acceptors (Lipinski definition) is 1. The van der Waals surface area contributed by atoms with Crippen LogP contribution in [0.15, 0.2) is 12.2 Å². The van der Waals surface area contributed by atoms with Crippen molar-refractivity contribution in [3.8, 4) is 0 Å². The highest BCUT2D eigenvalue weighted by Gasteiger charge is 2.07. The molecule has 0 aromatic heterocycles. The molecule has 10 heavy (non-hydrogen) atoms. The van der Waals surface area contributed by atoms with Gasteiger partial charge >= 0.3 is 0 Å². The molecule has 1 aliphatic rings. The zero-order valence-corrected chi connectivity index (χ0v) is 6.68. The van der Waals surface area contributed by atoms with Crippen LogP contribution < -0.4 is 0 Å². The molecule has 0 amide bonds. The summed E-state index contributed by atoms with van der Waals surface area (Å²) in [7, 11) is 0. The summed E-state index contributed by atoms with van der Waals surface area (Å²) in [6, 6.07) is 0. The lowest BCUT2D eigenvalue weighted by atomic mass is 10.1. The van der Waals surface area contributed by atoms with Crippen LogP contribution in [0.1, 0.15) is 32.6 Å². The second kappa shape index (κ2) is 4.51. The molecule has 1 heteroatoms. The minimum Gasteiger partial charge on any atom is -0.370 e. The monoisotopic (exact) mass is 140 g/mol. The third-order valence-electron chi connectivity index (χ3n) is 1.85. The van der Waals surface area contributed by atoms with Crippen molar-refractivity contribution >= 4 is 0 Å². The van der Waals surface area contributed by atoms with Crippen molar-refractivity contribution in [2.24, 2.45) is 0 Å². The number of ether oxygens (including phenoxy) is 1. The van der Waals surface area contributed by atoms with Gasteiger partial charge in [-0.3, -0.25) is 0 Å². The molecule has 0 fully saturated rings. The van der Waals surface area contributed by atoms with Crippen LogP contribution in [0.3, 0.4) is 0 Å². The largest absolute Gasteiger partial charge is 0.370 e. The minimum atomic E-state index is 0.437. The van der Waals surface area contributed by atoms with Crippen molar-refractivity contribution in [2.75, 3.05) is 6.61 Å². The molecule has 1 nitrogen and oxygen atoms in total. The second-order valence-electron chi connectivity index (χ2n) is 2.80. The molecule has 1 rings (SSSR count). The van der Waals surface area contributed by atoms with Crippen molar-refractivity contribution in [3.05, 3.63) is 12.2 Å². The van der Waals surface area contributed by atoms with Crippen LogP contribution >= 0.6 is 0 Å². The summed E-state index contributed by atoms with van der Waals surface area (Å²) >= 11 is 0. The van der Waals surface area contributed by atoms with Gasteiger partial charge in [0.25, 0.3) is 0 Å². The highest BCUT2D eigenvalue weighted by Crippen LogP contribution is 2.11. The maximum absolute atomic E-state index is 5.39. The average Bonchev–Trinajstić information content (AvgIpc) is 2.41. The zero-order valence-electron chi connectivity index (χ0n) is 6.68. The quantitative estimate of drug-likeness (QED) is 0.430. The van der Waals surface area contributed by atoms with Gasteiger partial charge in [-0.1, -0.05) is 38.3 Å². The lowest BCUT2D eigenvalue weighted by Crippen LogP contribution is -2.03. The summed E-state index contributed by atoms with van der Waals surface area (Å²) in [4.78, 5) is 0. The predicted molar refractivity (Wildman–Crippen MR) is 43.0 cm³/mol. The number of unbranched alkanes of at least 4 members (excludes halogenated alkanes) is 2. The van der Waals surface area contributed by atoms with Gasteiger partial charge < -0.3 is 4.74 Å². The molecule has 0 bridgehead atoms. The van der Waals surface area contributed by atoms with Crippen LogP contribution in [0.5, 0.6) is 0 Å². The van der Waals surface area contributed by atoms with E-state index in [0.717, 1.165) is 6.61 Å². The molecule has 0 spiro atoms. The normalized spacial score (nSPS) is 23.9. The SMILES string of the molecule is CCCCC[C@H]1C=CCO1. The number of rotatable bonds is 4. The second-order valence-corrected chi connectivity index (χ2v) is 2.80. The number of hydrogen-bond donors (Lipinski definition) is 0. The van der Waals surface area contributed by atoms with Crippen molar-refractivity contribution < 1.29 is 4.74 Å². The zero-order chi connectivity index (χ0) is 7.23. The molecule has 0 radical (unpaired) electrons. The fourth-order valence-corrected chi connectivity index (χ4v) is 1.22. The van der Waals surface area contributed by atoms with Crippen LogP contribution in [0, 0.1) is 0 Å². The van der Waals surface area contributed by atoms with Crippen LogP contribution in [0.2, 0.25) is 0 Å². The van der Waals surface area contributed by atoms with Gasteiger partial charge in [0.2, 0.25) is 0 Å². The Morgan fingerprint density at radius 2 is 2.40 bits per heavy atom. The van der Waals surface area contributed by atoms with Crippen LogP contribution in [0.4, 0.5) is 0 Å². The van der Waals surface area contributed by atoms with E-state index >= 15 is 0 Å². The smallest absolute Gasteiger partial charge is 0.0760 e. The lowest BCUT2D eigenvalue weighted by Gasteiger charge is -2.06. The average molecular weight is 140 g/mol. The fourth-order valence-electron chi connectivity index (χ4n) is 1.22. The van der Waals surface area contributed by atoms with E-state index in [2.05, 4.69) is 19.1 Å². The molecule has 0 saturated carbocycles. The maximum Gasteiger partial charge on any atom is 0.0760 e. The van der Waals surface area contributed by atoms with Crippen LogP contribution in [-0.2, 0) is 4.74 Å². The Hall–Kier alpha value is -0.300. The Balaban J connectivity index is 1.97. The van der Waals surface area contributed by atoms with Gasteiger partial charge in [-0.25, -0.2) is 0 Å². The molecule has 0 saturated heterocycles. The van der Waals surface area contributed by atoms with E-state index in [1.807, 2.05) is 0 Å². The topological polar surface area (TPSA) is 9.23 Å². The summed E-state index contributed by atoms with van der Waals surface area (Å²) in [5.74, 6) is 0. The van der Waals surface area contributed by atoms with E-state index < -0.39 is 0 Å². The first-order valence-corrected chi connectivity index (χ1v) is 4.21. The van der Waals surface area contributed by atoms with Gasteiger partial charge in [-0.05, 0) is 6.42 Å². The molecule has 0 aromatic rings. The van der Waals surface area contributed by atoms with E-state index in [1.54, 1.807) is 0 Å². The van der Waals surface area contributed by atoms with Crippen molar-refractivity contribution in [1.82, 2.24) is 0 Å². The molecule has 58 valence electrons. The Kier molecular flexibility index (Phi) is 3.52. The summed E-state index contributed by atoms with van der Waals surface area (Å²) < 4.78 is 5.39. The van der Waals surface area contributed by atoms with Crippen molar-refractivity contribution in [2.45, 2.75) is 38.7 Å². The minimum absolute atomic E-state index is 0.437. The highest BCUT2D eigenvalue weighted by molar-refractivity contribution is 4.95. The molecule has 1 atom stereocenters. The Morgan fingerprint density at radius 1 is 1.50 bits per heavy atom. The summed E-state index contributed by atoms with van der Waals surface area (Å²) in [6.45, 7) is 3.06. The first-order valence-electron chi connectivity index (χ1n) is 4.21. The van der Waals surface area contributed by atoms with Gasteiger partial charge in [-0.2, -0.15) is 0 Å².